The van der Waals surface area contributed by atoms with Gasteiger partial charge in [-0.3, -0.25) is 0 Å². The van der Waals surface area contributed by atoms with E-state index in [4.69, 9.17) is 16.0 Å². The molecule has 3 N–H and O–H groups in total. The minimum absolute atomic E-state index is 0.0478. The van der Waals surface area contributed by atoms with Gasteiger partial charge in [-0.25, -0.2) is 9.52 Å². The number of urea groups is 1. The van der Waals surface area contributed by atoms with Crippen molar-refractivity contribution in [2.45, 2.75) is 63.2 Å². The van der Waals surface area contributed by atoms with E-state index in [-0.39, 0.29) is 5.69 Å². The van der Waals surface area contributed by atoms with Gasteiger partial charge in [-0.15, -0.1) is 0 Å². The number of benzene rings is 1. The van der Waals surface area contributed by atoms with Gasteiger partial charge >= 0.3 is 21.3 Å². The van der Waals surface area contributed by atoms with Crippen LogP contribution >= 0.6 is 11.6 Å². The van der Waals surface area contributed by atoms with Crippen LogP contribution in [0.5, 0.6) is 0 Å². The molecule has 1 heterocycles. The number of oxazole rings is 1. The molecule has 10 heteroatoms. The van der Waals surface area contributed by atoms with Gasteiger partial charge < -0.3 is 14.8 Å². The molecule has 1 aromatic heterocycles. The molecule has 2 amide bonds. The van der Waals surface area contributed by atoms with Gasteiger partial charge in [0, 0.05) is 10.7 Å². The number of nitrogens with one attached hydrogen (secondary N) is 2. The molecule has 0 saturated heterocycles. The number of halogens is 1. The summed E-state index contributed by atoms with van der Waals surface area (Å²) < 4.78 is 31.8. The third-order valence-corrected chi connectivity index (χ3v) is 6.93. The summed E-state index contributed by atoms with van der Waals surface area (Å²) in [6.45, 7) is 2.89. The van der Waals surface area contributed by atoms with Gasteiger partial charge in [0.15, 0.2) is 0 Å². The Kier molecular flexibility index (Phi) is 4.87. The number of anilines is 1. The average molecular weight is 440 g/mol. The fourth-order valence-corrected chi connectivity index (χ4v) is 5.20. The number of aliphatic hydroxyl groups is 1. The van der Waals surface area contributed by atoms with E-state index in [0.717, 1.165) is 72.1 Å². The quantitative estimate of drug-likeness (QED) is 0.673. The Hall–Kier alpha value is -2.10. The SMILES string of the molecule is CC(C)(O)c1coc(S(=O)(=O)NC(=O)Nc2c3c(c(Cl)c4c2CCC4)CCC3)n1. The van der Waals surface area contributed by atoms with Crippen LogP contribution in [0.1, 0.15) is 54.6 Å². The van der Waals surface area contributed by atoms with Crippen LogP contribution < -0.4 is 10.0 Å². The fraction of sp³-hybridized carbons (Fsp3) is 0.474. The highest BCUT2D eigenvalue weighted by Gasteiger charge is 2.31. The zero-order valence-corrected chi connectivity index (χ0v) is 17.7. The van der Waals surface area contributed by atoms with Crippen molar-refractivity contribution in [3.05, 3.63) is 39.2 Å². The molecule has 29 heavy (non-hydrogen) atoms. The fourth-order valence-electron chi connectivity index (χ4n) is 4.01. The second kappa shape index (κ2) is 7.00. The highest BCUT2D eigenvalue weighted by atomic mass is 35.5. The molecule has 2 aliphatic carbocycles. The lowest BCUT2D eigenvalue weighted by atomic mass is 9.98. The Morgan fingerprint density at radius 2 is 1.69 bits per heavy atom. The van der Waals surface area contributed by atoms with E-state index in [1.165, 1.54) is 13.8 Å². The third-order valence-electron chi connectivity index (χ3n) is 5.37. The van der Waals surface area contributed by atoms with Crippen LogP contribution in [0.4, 0.5) is 10.5 Å². The summed E-state index contributed by atoms with van der Waals surface area (Å²) in [5.41, 5.74) is 3.43. The lowest BCUT2D eigenvalue weighted by Gasteiger charge is -2.18. The molecule has 156 valence electrons. The van der Waals surface area contributed by atoms with Crippen molar-refractivity contribution < 1.29 is 22.7 Å². The average Bonchev–Trinajstić information content (AvgIpc) is 3.37. The zero-order chi connectivity index (χ0) is 21.0. The molecular weight excluding hydrogens is 418 g/mol. The topological polar surface area (TPSA) is 122 Å². The van der Waals surface area contributed by atoms with Crippen LogP contribution in [0, 0.1) is 0 Å². The Labute approximate surface area is 173 Å². The monoisotopic (exact) mass is 439 g/mol. The van der Waals surface area contributed by atoms with Gasteiger partial charge in [-0.05, 0) is 74.6 Å². The Morgan fingerprint density at radius 3 is 2.21 bits per heavy atom. The number of amides is 2. The molecule has 4 rings (SSSR count). The molecule has 0 spiro atoms. The van der Waals surface area contributed by atoms with Crippen LogP contribution in [0.3, 0.4) is 0 Å². The van der Waals surface area contributed by atoms with Crippen LogP contribution in [-0.2, 0) is 41.3 Å². The summed E-state index contributed by atoms with van der Waals surface area (Å²) in [6, 6.07) is -0.890. The van der Waals surface area contributed by atoms with Crippen LogP contribution in [0.2, 0.25) is 5.02 Å². The lowest BCUT2D eigenvalue weighted by Crippen LogP contribution is -2.35. The molecular formula is C19H22ClN3O5S. The first kappa shape index (κ1) is 20.2. The molecule has 0 radical (unpaired) electrons. The van der Waals surface area contributed by atoms with Gasteiger partial charge in [0.25, 0.3) is 0 Å². The number of sulfonamides is 1. The van der Waals surface area contributed by atoms with Crippen molar-refractivity contribution in [3.63, 3.8) is 0 Å². The van der Waals surface area contributed by atoms with E-state index in [0.29, 0.717) is 5.69 Å². The minimum atomic E-state index is -4.33. The summed E-state index contributed by atoms with van der Waals surface area (Å²) in [7, 11) is -4.33. The van der Waals surface area contributed by atoms with E-state index >= 15 is 0 Å². The number of aromatic nitrogens is 1. The first-order valence-electron chi connectivity index (χ1n) is 9.45. The number of fused-ring (bicyclic) bond motifs is 2. The van der Waals surface area contributed by atoms with Crippen molar-refractivity contribution in [3.8, 4) is 0 Å². The third kappa shape index (κ3) is 3.62. The van der Waals surface area contributed by atoms with E-state index < -0.39 is 26.9 Å². The minimum Gasteiger partial charge on any atom is -0.435 e. The Bertz CT molecular complexity index is 1070. The molecule has 0 atom stereocenters. The van der Waals surface area contributed by atoms with E-state index in [2.05, 4.69) is 10.3 Å². The number of carbonyl (C=O) groups excluding carboxylic acids is 1. The number of hydrogen-bond donors (Lipinski definition) is 3. The van der Waals surface area contributed by atoms with Gasteiger partial charge in [0.05, 0.1) is 0 Å². The smallest absolute Gasteiger partial charge is 0.336 e. The number of rotatable bonds is 4. The normalized spacial score (nSPS) is 15.9. The largest absolute Gasteiger partial charge is 0.435 e. The van der Waals surface area contributed by atoms with Crippen molar-refractivity contribution in [2.24, 2.45) is 0 Å². The number of carbonyl (C=O) groups is 1. The highest BCUT2D eigenvalue weighted by molar-refractivity contribution is 7.89. The maximum absolute atomic E-state index is 12.5. The van der Waals surface area contributed by atoms with Gasteiger partial charge in [-0.2, -0.15) is 13.4 Å². The summed E-state index contributed by atoms with van der Waals surface area (Å²) in [4.78, 5) is 16.3. The first-order chi connectivity index (χ1) is 13.6. The predicted octanol–water partition coefficient (Wildman–Crippen LogP) is 3.04. The first-order valence-corrected chi connectivity index (χ1v) is 11.3. The summed E-state index contributed by atoms with van der Waals surface area (Å²) in [5.74, 6) is 0. The van der Waals surface area contributed by atoms with Crippen LogP contribution in [0.25, 0.3) is 0 Å². The number of hydrogen-bond acceptors (Lipinski definition) is 6. The number of nitrogens with zero attached hydrogens (tertiary/aromatic N) is 1. The molecule has 2 aromatic rings. The lowest BCUT2D eigenvalue weighted by molar-refractivity contribution is 0.0736. The van der Waals surface area contributed by atoms with Gasteiger partial charge in [0.1, 0.15) is 17.6 Å². The molecule has 0 aliphatic heterocycles. The van der Waals surface area contributed by atoms with E-state index in [1.807, 2.05) is 4.72 Å². The second-order valence-corrected chi connectivity index (χ2v) is 9.87. The Balaban J connectivity index is 1.59. The molecule has 0 fully saturated rings. The Morgan fingerprint density at radius 1 is 1.14 bits per heavy atom. The van der Waals surface area contributed by atoms with Crippen molar-refractivity contribution in [1.29, 1.82) is 0 Å². The van der Waals surface area contributed by atoms with Crippen LogP contribution in [0.15, 0.2) is 15.9 Å². The molecule has 0 saturated carbocycles. The van der Waals surface area contributed by atoms with Gasteiger partial charge in [-0.1, -0.05) is 11.6 Å². The maximum atomic E-state index is 12.5. The van der Waals surface area contributed by atoms with Gasteiger partial charge in [0.2, 0.25) is 0 Å². The van der Waals surface area contributed by atoms with Crippen LogP contribution in [-0.4, -0.2) is 24.5 Å². The van der Waals surface area contributed by atoms with Crippen molar-refractivity contribution >= 4 is 33.3 Å². The standard InChI is InChI=1S/C19H22ClN3O5S/c1-19(2,25)14-9-28-18(21-14)29(26,27)23-17(24)22-16-12-7-3-5-10(12)15(20)11-6-4-8-13(11)16/h9,25H,3-8H2,1-2H3,(H2,22,23,24). The maximum Gasteiger partial charge on any atom is 0.336 e. The highest BCUT2D eigenvalue weighted by Crippen LogP contribution is 2.44. The second-order valence-electron chi connectivity index (χ2n) is 7.93. The molecule has 0 bridgehead atoms. The molecule has 8 nitrogen and oxygen atoms in total. The molecule has 0 unspecified atom stereocenters. The summed E-state index contributed by atoms with van der Waals surface area (Å²) in [6.07, 6.45) is 6.23. The molecule has 2 aliphatic rings. The summed E-state index contributed by atoms with van der Waals surface area (Å²) in [5, 5.41) is 12.8. The zero-order valence-electron chi connectivity index (χ0n) is 16.1. The van der Waals surface area contributed by atoms with Crippen molar-refractivity contribution in [1.82, 2.24) is 9.71 Å². The van der Waals surface area contributed by atoms with Crippen molar-refractivity contribution in [2.75, 3.05) is 5.32 Å². The van der Waals surface area contributed by atoms with E-state index in [9.17, 15) is 18.3 Å². The molecule has 1 aromatic carbocycles. The summed E-state index contributed by atoms with van der Waals surface area (Å²) >= 11 is 6.57. The van der Waals surface area contributed by atoms with E-state index in [1.54, 1.807) is 0 Å². The predicted molar refractivity (Wildman–Crippen MR) is 107 cm³/mol.